The molecule has 0 bridgehead atoms. The zero-order valence-corrected chi connectivity index (χ0v) is 17.6. The van der Waals surface area contributed by atoms with Crippen LogP contribution in [0.3, 0.4) is 0 Å². The Labute approximate surface area is 172 Å². The van der Waals surface area contributed by atoms with Crippen molar-refractivity contribution < 1.29 is 22.1 Å². The van der Waals surface area contributed by atoms with E-state index in [1.54, 1.807) is 33.1 Å². The van der Waals surface area contributed by atoms with E-state index in [-0.39, 0.29) is 22.8 Å². The lowest BCUT2D eigenvalue weighted by atomic mass is 10.2. The van der Waals surface area contributed by atoms with Gasteiger partial charge in [-0.2, -0.15) is 18.4 Å². The van der Waals surface area contributed by atoms with E-state index in [4.69, 9.17) is 4.74 Å². The minimum atomic E-state index is -4.59. The SMILES string of the molecule is CC[SH](C)(=O)c1cc(OC(C)(C)C#N)cnc1-c1cn2cnc(C(F)(F)F)cc2n1. The van der Waals surface area contributed by atoms with Crippen LogP contribution in [-0.2, 0) is 16.1 Å². The Kier molecular flexibility index (Phi) is 5.32. The average molecular weight is 439 g/mol. The second-order valence-electron chi connectivity index (χ2n) is 7.34. The Morgan fingerprint density at radius 3 is 2.57 bits per heavy atom. The van der Waals surface area contributed by atoms with Crippen LogP contribution in [0.25, 0.3) is 17.0 Å². The number of nitrogens with zero attached hydrogens (tertiary/aromatic N) is 5. The molecule has 3 heterocycles. The van der Waals surface area contributed by atoms with Crippen LogP contribution in [0.5, 0.6) is 5.75 Å². The predicted octanol–water partition coefficient (Wildman–Crippen LogP) is 3.52. The highest BCUT2D eigenvalue weighted by molar-refractivity contribution is 8.02. The Morgan fingerprint density at radius 2 is 1.97 bits per heavy atom. The van der Waals surface area contributed by atoms with E-state index >= 15 is 0 Å². The van der Waals surface area contributed by atoms with Crippen molar-refractivity contribution in [2.24, 2.45) is 0 Å². The number of nitriles is 1. The number of fused-ring (bicyclic) bond motifs is 1. The molecule has 0 saturated heterocycles. The molecule has 0 aliphatic heterocycles. The van der Waals surface area contributed by atoms with Gasteiger partial charge in [0, 0.05) is 22.9 Å². The number of hydrogen-bond donors (Lipinski definition) is 1. The van der Waals surface area contributed by atoms with Crippen molar-refractivity contribution in [1.29, 1.82) is 5.26 Å². The predicted molar refractivity (Wildman–Crippen MR) is 106 cm³/mol. The minimum absolute atomic E-state index is 0.0356. The van der Waals surface area contributed by atoms with Crippen molar-refractivity contribution >= 4 is 15.6 Å². The van der Waals surface area contributed by atoms with Gasteiger partial charge in [0.25, 0.3) is 0 Å². The van der Waals surface area contributed by atoms with E-state index < -0.39 is 27.4 Å². The third-order valence-electron chi connectivity index (χ3n) is 4.48. The summed E-state index contributed by atoms with van der Waals surface area (Å²) in [6.45, 7) is 4.93. The van der Waals surface area contributed by atoms with Crippen LogP contribution in [0.4, 0.5) is 13.2 Å². The zero-order valence-electron chi connectivity index (χ0n) is 16.7. The molecular weight excluding hydrogens is 419 g/mol. The number of halogens is 3. The van der Waals surface area contributed by atoms with Gasteiger partial charge in [-0.15, -0.1) is 0 Å². The molecule has 0 radical (unpaired) electrons. The van der Waals surface area contributed by atoms with Gasteiger partial charge in [0.1, 0.15) is 40.9 Å². The van der Waals surface area contributed by atoms with Crippen molar-refractivity contribution in [2.75, 3.05) is 12.0 Å². The number of pyridine rings is 1. The van der Waals surface area contributed by atoms with Crippen molar-refractivity contribution in [3.63, 3.8) is 0 Å². The molecule has 3 aromatic heterocycles. The summed E-state index contributed by atoms with van der Waals surface area (Å²) < 4.78 is 59.0. The molecule has 7 nitrogen and oxygen atoms in total. The van der Waals surface area contributed by atoms with Gasteiger partial charge in [0.05, 0.1) is 6.20 Å². The molecule has 0 unspecified atom stereocenters. The molecule has 11 heteroatoms. The Bertz CT molecular complexity index is 1200. The molecule has 30 heavy (non-hydrogen) atoms. The first-order valence-corrected chi connectivity index (χ1v) is 11.3. The fourth-order valence-corrected chi connectivity index (χ4v) is 4.06. The Morgan fingerprint density at radius 1 is 1.27 bits per heavy atom. The van der Waals surface area contributed by atoms with Gasteiger partial charge in [-0.05, 0) is 26.2 Å². The standard InChI is InChI=1S/C19H20F3N5O2S/c1-5-30(4,28)14-6-12(29-18(2,3)10-23)8-24-17(14)13-9-27-11-25-15(19(20,21)22)7-16(27)26-13/h6-9,11,30H,5H2,1-4H3. The van der Waals surface area contributed by atoms with Gasteiger partial charge in [0.15, 0.2) is 5.60 Å². The summed E-state index contributed by atoms with van der Waals surface area (Å²) in [4.78, 5) is 12.3. The van der Waals surface area contributed by atoms with Crippen LogP contribution in [-0.4, -0.2) is 41.2 Å². The van der Waals surface area contributed by atoms with Crippen LogP contribution < -0.4 is 4.74 Å². The fourth-order valence-electron chi connectivity index (χ4n) is 2.70. The molecular formula is C19H20F3N5O2S. The van der Waals surface area contributed by atoms with Crippen LogP contribution in [0, 0.1) is 11.3 Å². The molecule has 0 N–H and O–H groups in total. The van der Waals surface area contributed by atoms with Gasteiger partial charge < -0.3 is 4.74 Å². The summed E-state index contributed by atoms with van der Waals surface area (Å²) in [7, 11) is -2.88. The van der Waals surface area contributed by atoms with E-state index in [0.717, 1.165) is 12.4 Å². The summed E-state index contributed by atoms with van der Waals surface area (Å²) in [6, 6.07) is 4.40. The molecule has 0 aliphatic rings. The minimum Gasteiger partial charge on any atom is -0.471 e. The summed E-state index contributed by atoms with van der Waals surface area (Å²) in [6.07, 6.45) is 0.865. The number of thiol groups is 1. The summed E-state index contributed by atoms with van der Waals surface area (Å²) in [5.74, 6) is 0.598. The third kappa shape index (κ3) is 4.28. The van der Waals surface area contributed by atoms with Crippen molar-refractivity contribution in [3.8, 4) is 23.2 Å². The first-order chi connectivity index (χ1) is 13.9. The zero-order chi connectivity index (χ0) is 22.3. The molecule has 0 aliphatic carbocycles. The topological polar surface area (TPSA) is 93.2 Å². The first-order valence-electron chi connectivity index (χ1n) is 8.96. The second kappa shape index (κ2) is 7.36. The van der Waals surface area contributed by atoms with Gasteiger partial charge in [-0.1, -0.05) is 16.9 Å². The summed E-state index contributed by atoms with van der Waals surface area (Å²) in [5, 5.41) is 9.17. The van der Waals surface area contributed by atoms with E-state index in [1.807, 2.05) is 6.07 Å². The van der Waals surface area contributed by atoms with Gasteiger partial charge in [0.2, 0.25) is 0 Å². The monoisotopic (exact) mass is 439 g/mol. The molecule has 3 rings (SSSR count). The molecule has 160 valence electrons. The highest BCUT2D eigenvalue weighted by Crippen LogP contribution is 2.33. The lowest BCUT2D eigenvalue weighted by Crippen LogP contribution is -2.26. The van der Waals surface area contributed by atoms with Crippen LogP contribution in [0.1, 0.15) is 26.5 Å². The maximum absolute atomic E-state index is 13.2. The normalized spacial score (nSPS) is 13.3. The summed E-state index contributed by atoms with van der Waals surface area (Å²) in [5.41, 5.74) is -1.60. The number of alkyl halides is 3. The van der Waals surface area contributed by atoms with E-state index in [9.17, 15) is 22.6 Å². The van der Waals surface area contributed by atoms with Crippen molar-refractivity contribution in [2.45, 2.75) is 37.4 Å². The molecule has 0 saturated carbocycles. The maximum Gasteiger partial charge on any atom is 0.433 e. The largest absolute Gasteiger partial charge is 0.471 e. The van der Waals surface area contributed by atoms with Gasteiger partial charge in [-0.3, -0.25) is 8.61 Å². The van der Waals surface area contributed by atoms with E-state index in [0.29, 0.717) is 10.6 Å². The molecule has 0 amide bonds. The van der Waals surface area contributed by atoms with E-state index in [2.05, 4.69) is 15.0 Å². The van der Waals surface area contributed by atoms with Crippen LogP contribution >= 0.6 is 0 Å². The quantitative estimate of drug-likeness (QED) is 0.612. The average Bonchev–Trinajstić information content (AvgIpc) is 3.10. The number of ether oxygens (including phenoxy) is 1. The molecule has 3 aromatic rings. The van der Waals surface area contributed by atoms with Gasteiger partial charge >= 0.3 is 6.18 Å². The van der Waals surface area contributed by atoms with E-state index in [1.165, 1.54) is 16.8 Å². The van der Waals surface area contributed by atoms with Crippen LogP contribution in [0.15, 0.2) is 35.7 Å². The first kappa shape index (κ1) is 21.7. The van der Waals surface area contributed by atoms with Crippen LogP contribution in [0.2, 0.25) is 0 Å². The number of rotatable bonds is 5. The molecule has 0 atom stereocenters. The molecule has 0 spiro atoms. The van der Waals surface area contributed by atoms with Crippen molar-refractivity contribution in [1.82, 2.24) is 19.4 Å². The molecule has 0 fully saturated rings. The lowest BCUT2D eigenvalue weighted by molar-refractivity contribution is -0.141. The third-order valence-corrected chi connectivity index (χ3v) is 7.05. The highest BCUT2D eigenvalue weighted by Gasteiger charge is 2.33. The fraction of sp³-hybridized carbons (Fsp3) is 0.368. The summed E-state index contributed by atoms with van der Waals surface area (Å²) >= 11 is 0. The number of hydrogen-bond acceptors (Lipinski definition) is 6. The maximum atomic E-state index is 13.2. The smallest absolute Gasteiger partial charge is 0.433 e. The Balaban J connectivity index is 2.15. The molecule has 0 aromatic carbocycles. The highest BCUT2D eigenvalue weighted by atomic mass is 32.2. The number of imidazole rings is 1. The number of aromatic nitrogens is 4. The van der Waals surface area contributed by atoms with Crippen molar-refractivity contribution in [3.05, 3.63) is 36.5 Å². The van der Waals surface area contributed by atoms with Gasteiger partial charge in [-0.25, -0.2) is 15.0 Å². The second-order valence-corrected chi connectivity index (χ2v) is 10.7. The lowest BCUT2D eigenvalue weighted by Gasteiger charge is -2.22. The Hall–Kier alpha value is -3.00.